The summed E-state index contributed by atoms with van der Waals surface area (Å²) < 4.78 is 0. The van der Waals surface area contributed by atoms with Gasteiger partial charge in [-0.3, -0.25) is 4.79 Å². The molecule has 0 aliphatic carbocycles. The minimum absolute atomic E-state index is 0. The lowest BCUT2D eigenvalue weighted by atomic mass is 9.95. The number of thiophene rings is 1. The monoisotopic (exact) mass is 304 g/mol. The van der Waals surface area contributed by atoms with Crippen LogP contribution in [0.5, 0.6) is 0 Å². The molecule has 0 aliphatic heterocycles. The van der Waals surface area contributed by atoms with E-state index >= 15 is 0 Å². The third-order valence-electron chi connectivity index (χ3n) is 3.82. The normalized spacial score (nSPS) is 10.4. The van der Waals surface area contributed by atoms with Crippen molar-refractivity contribution in [3.8, 4) is 11.1 Å². The maximum Gasteiger partial charge on any atom is 0.136 e. The molecule has 0 N–H and O–H groups in total. The summed E-state index contributed by atoms with van der Waals surface area (Å²) in [5, 5.41) is 2.19. The third-order valence-corrected chi connectivity index (χ3v) is 4.82. The number of carbonyl (C=O) groups excluding carboxylic acids is 1. The molecule has 0 saturated heterocycles. The topological polar surface area (TPSA) is 17.1 Å². The van der Waals surface area contributed by atoms with E-state index in [0.717, 1.165) is 19.3 Å². The Hall–Kier alpha value is -1.41. The van der Waals surface area contributed by atoms with Gasteiger partial charge in [-0.05, 0) is 41.8 Å². The zero-order valence-electron chi connectivity index (χ0n) is 12.3. The lowest BCUT2D eigenvalue weighted by molar-refractivity contribution is -0.123. The van der Waals surface area contributed by atoms with Gasteiger partial charge in [0.2, 0.25) is 0 Å². The van der Waals surface area contributed by atoms with Gasteiger partial charge in [0.05, 0.1) is 0 Å². The molecule has 2 rings (SSSR count). The number of carbonyl (C=O) groups is 1. The van der Waals surface area contributed by atoms with Crippen molar-refractivity contribution in [3.63, 3.8) is 0 Å². The first-order valence-corrected chi connectivity index (χ1v) is 8.28. The average Bonchev–Trinajstić information content (AvgIpc) is 2.96. The van der Waals surface area contributed by atoms with Crippen LogP contribution >= 0.6 is 11.3 Å². The highest BCUT2D eigenvalue weighted by Gasteiger charge is 2.14. The van der Waals surface area contributed by atoms with Gasteiger partial charge >= 0.3 is 0 Å². The molecule has 1 nitrogen and oxygen atoms in total. The van der Waals surface area contributed by atoms with Crippen LogP contribution in [0.2, 0.25) is 0 Å². The van der Waals surface area contributed by atoms with Crippen LogP contribution in [-0.4, -0.2) is 5.78 Å². The van der Waals surface area contributed by atoms with Gasteiger partial charge < -0.3 is 0 Å². The molecule has 0 amide bonds. The first-order chi connectivity index (χ1) is 9.74. The van der Waals surface area contributed by atoms with Crippen molar-refractivity contribution in [1.82, 2.24) is 0 Å². The average molecular weight is 304 g/mol. The molecule has 0 atom stereocenters. The highest BCUT2D eigenvalue weighted by atomic mass is 32.1. The summed E-state index contributed by atoms with van der Waals surface area (Å²) in [4.78, 5) is 13.4. The molecule has 0 unspecified atom stereocenters. The number of aryl methyl sites for hydroxylation is 1. The second kappa shape index (κ2) is 8.78. The molecule has 1 aromatic carbocycles. The van der Waals surface area contributed by atoms with Crippen LogP contribution in [0, 0.1) is 5.92 Å². The first-order valence-electron chi connectivity index (χ1n) is 7.40. The van der Waals surface area contributed by atoms with E-state index in [0.29, 0.717) is 12.2 Å². The van der Waals surface area contributed by atoms with Crippen molar-refractivity contribution in [2.75, 3.05) is 0 Å². The van der Waals surface area contributed by atoms with E-state index < -0.39 is 0 Å². The molecule has 1 heterocycles. The number of Topliss-reactive ketones (excluding diaryl/α,β-unsaturated/α-hetero) is 1. The Labute approximate surface area is 134 Å². The molecule has 2 heteroatoms. The van der Waals surface area contributed by atoms with Crippen LogP contribution in [-0.2, 0) is 11.2 Å². The summed E-state index contributed by atoms with van der Waals surface area (Å²) in [5.74, 6) is 0.674. The van der Waals surface area contributed by atoms with Crippen LogP contribution in [0.3, 0.4) is 0 Å². The van der Waals surface area contributed by atoms with E-state index in [2.05, 4.69) is 49.6 Å². The molecule has 116 valence electrons. The van der Waals surface area contributed by atoms with E-state index in [9.17, 15) is 4.79 Å². The standard InChI is InChI=1S/C18H22OS.CH4.H2/c1-3-14(4-2)18(19)11-10-17-12-16(13-20-17)15-8-6-5-7-9-15;;/h5-9,12-14H,3-4,10-11H2,1-2H3;1H4;1H. The first kappa shape index (κ1) is 17.6. The van der Waals surface area contributed by atoms with Crippen molar-refractivity contribution in [1.29, 1.82) is 0 Å². The van der Waals surface area contributed by atoms with Crippen molar-refractivity contribution < 1.29 is 6.22 Å². The second-order valence-corrected chi connectivity index (χ2v) is 6.14. The Bertz CT molecular complexity index is 544. The van der Waals surface area contributed by atoms with Crippen LogP contribution in [0.15, 0.2) is 41.8 Å². The smallest absolute Gasteiger partial charge is 0.136 e. The van der Waals surface area contributed by atoms with Gasteiger partial charge in [0.25, 0.3) is 0 Å². The van der Waals surface area contributed by atoms with Crippen LogP contribution in [0.4, 0.5) is 0 Å². The Balaban J connectivity index is 0.00000220. The van der Waals surface area contributed by atoms with E-state index in [4.69, 9.17) is 0 Å². The molecule has 2 aromatic rings. The van der Waals surface area contributed by atoms with E-state index in [1.165, 1.54) is 16.0 Å². The Morgan fingerprint density at radius 2 is 1.81 bits per heavy atom. The van der Waals surface area contributed by atoms with E-state index in [1.807, 2.05) is 6.07 Å². The van der Waals surface area contributed by atoms with Crippen LogP contribution in [0.1, 0.15) is 46.8 Å². The maximum atomic E-state index is 12.1. The van der Waals surface area contributed by atoms with Gasteiger partial charge in [-0.15, -0.1) is 11.3 Å². The number of hydrogen-bond donors (Lipinski definition) is 0. The number of benzene rings is 1. The maximum absolute atomic E-state index is 12.1. The fourth-order valence-electron chi connectivity index (χ4n) is 2.49. The molecule has 0 spiro atoms. The zero-order chi connectivity index (χ0) is 14.4. The SMILES string of the molecule is C.CCC(CC)C(=O)CCc1cc(-c2ccccc2)cs1.[HH]. The number of rotatable bonds is 7. The lowest BCUT2D eigenvalue weighted by Gasteiger charge is -2.09. The molecule has 0 bridgehead atoms. The zero-order valence-corrected chi connectivity index (χ0v) is 13.1. The molecule has 0 radical (unpaired) electrons. The van der Waals surface area contributed by atoms with Crippen LogP contribution < -0.4 is 0 Å². The molecule has 21 heavy (non-hydrogen) atoms. The number of ketones is 1. The van der Waals surface area contributed by atoms with Gasteiger partial charge in [-0.2, -0.15) is 0 Å². The van der Waals surface area contributed by atoms with Crippen LogP contribution in [0.25, 0.3) is 11.1 Å². The molecule has 0 fully saturated rings. The molecule has 1 aromatic heterocycles. The largest absolute Gasteiger partial charge is 0.299 e. The fraction of sp³-hybridized carbons (Fsp3) is 0.421. The van der Waals surface area contributed by atoms with E-state index in [1.54, 1.807) is 11.3 Å². The second-order valence-electron chi connectivity index (χ2n) is 5.15. The molecule has 0 saturated carbocycles. The Kier molecular flexibility index (Phi) is 7.38. The van der Waals surface area contributed by atoms with Gasteiger partial charge in [0, 0.05) is 18.6 Å². The summed E-state index contributed by atoms with van der Waals surface area (Å²) in [7, 11) is 0. The lowest BCUT2D eigenvalue weighted by Crippen LogP contribution is -2.13. The van der Waals surface area contributed by atoms with Crippen molar-refractivity contribution in [3.05, 3.63) is 46.7 Å². The minimum Gasteiger partial charge on any atom is -0.299 e. The molecule has 0 aliphatic rings. The highest BCUT2D eigenvalue weighted by molar-refractivity contribution is 7.10. The number of hydrogen-bond acceptors (Lipinski definition) is 2. The fourth-order valence-corrected chi connectivity index (χ4v) is 3.39. The van der Waals surface area contributed by atoms with Crippen molar-refractivity contribution >= 4 is 17.1 Å². The Morgan fingerprint density at radius 3 is 2.43 bits per heavy atom. The van der Waals surface area contributed by atoms with Crippen molar-refractivity contribution in [2.24, 2.45) is 5.92 Å². The van der Waals surface area contributed by atoms with Gasteiger partial charge in [-0.25, -0.2) is 0 Å². The summed E-state index contributed by atoms with van der Waals surface area (Å²) in [6, 6.07) is 12.6. The molecular formula is C19H28OS. The van der Waals surface area contributed by atoms with Gasteiger partial charge in [0.15, 0.2) is 0 Å². The van der Waals surface area contributed by atoms with Gasteiger partial charge in [-0.1, -0.05) is 51.6 Å². The molecular weight excluding hydrogens is 276 g/mol. The Morgan fingerprint density at radius 1 is 1.14 bits per heavy atom. The summed E-state index contributed by atoms with van der Waals surface area (Å²) >= 11 is 1.76. The third kappa shape index (κ3) is 4.82. The minimum atomic E-state index is 0. The summed E-state index contributed by atoms with van der Waals surface area (Å²) in [6.45, 7) is 4.20. The van der Waals surface area contributed by atoms with Crippen molar-refractivity contribution in [2.45, 2.75) is 47.0 Å². The summed E-state index contributed by atoms with van der Waals surface area (Å²) in [6.07, 6.45) is 3.50. The van der Waals surface area contributed by atoms with Gasteiger partial charge in [0.1, 0.15) is 5.78 Å². The highest BCUT2D eigenvalue weighted by Crippen LogP contribution is 2.26. The quantitative estimate of drug-likeness (QED) is 0.592. The summed E-state index contributed by atoms with van der Waals surface area (Å²) in [5.41, 5.74) is 2.52. The van der Waals surface area contributed by atoms with E-state index in [-0.39, 0.29) is 14.8 Å². The predicted octanol–water partition coefficient (Wildman–Crippen LogP) is 6.24. The predicted molar refractivity (Wildman–Crippen MR) is 96.0 cm³/mol.